The number of hydrogen-bond acceptors (Lipinski definition) is 7. The van der Waals surface area contributed by atoms with E-state index < -0.39 is 0 Å². The van der Waals surface area contributed by atoms with Crippen molar-refractivity contribution in [2.75, 3.05) is 29.9 Å². The highest BCUT2D eigenvalue weighted by atomic mass is 15.3. The predicted molar refractivity (Wildman–Crippen MR) is 102 cm³/mol. The molecule has 0 spiro atoms. The van der Waals surface area contributed by atoms with E-state index in [2.05, 4.69) is 41.8 Å². The summed E-state index contributed by atoms with van der Waals surface area (Å²) in [6.07, 6.45) is 13.4. The van der Waals surface area contributed by atoms with E-state index in [0.717, 1.165) is 48.0 Å². The minimum absolute atomic E-state index is 0.335. The van der Waals surface area contributed by atoms with E-state index in [-0.39, 0.29) is 0 Å². The van der Waals surface area contributed by atoms with Gasteiger partial charge in [0.15, 0.2) is 5.82 Å². The van der Waals surface area contributed by atoms with Crippen molar-refractivity contribution < 1.29 is 0 Å². The Kier molecular flexibility index (Phi) is 3.70. The first-order chi connectivity index (χ1) is 13.3. The number of hydrogen-bond donors (Lipinski definition) is 1. The van der Waals surface area contributed by atoms with E-state index in [1.54, 1.807) is 31.2 Å². The maximum atomic E-state index is 4.74. The maximum absolute atomic E-state index is 4.74. The number of nitrogens with one attached hydrogen (secondary N) is 1. The molecule has 1 fully saturated rings. The van der Waals surface area contributed by atoms with Gasteiger partial charge in [-0.05, 0) is 12.5 Å². The summed E-state index contributed by atoms with van der Waals surface area (Å²) in [5, 5.41) is 1.06. The predicted octanol–water partition coefficient (Wildman–Crippen LogP) is 1.65. The van der Waals surface area contributed by atoms with E-state index in [1.807, 2.05) is 23.0 Å². The van der Waals surface area contributed by atoms with Gasteiger partial charge in [-0.15, -0.1) is 0 Å². The Morgan fingerprint density at radius 3 is 3.07 bits per heavy atom. The third-order valence-electron chi connectivity index (χ3n) is 5.08. The molecule has 5 rings (SSSR count). The zero-order valence-corrected chi connectivity index (χ0v) is 14.9. The van der Waals surface area contributed by atoms with Crippen LogP contribution in [0.1, 0.15) is 6.42 Å². The highest BCUT2D eigenvalue weighted by Gasteiger charge is 2.28. The van der Waals surface area contributed by atoms with Crippen LogP contribution in [-0.4, -0.2) is 60.6 Å². The minimum atomic E-state index is 0.335. The fourth-order valence-electron chi connectivity index (χ4n) is 3.58. The standard InChI is InChI=1S/C18H19N9/c1-25(15-8-20-9-16(24-15)27-7-5-19-12-27)13-3-6-26(10-13)18-14-2-4-21-17(14)22-11-23-18/h2,4-5,7-9,11-13H,3,6,10H2,1H3,(H,21,22,23)/t13-/m1/s1. The van der Waals surface area contributed by atoms with Gasteiger partial charge in [-0.1, -0.05) is 0 Å². The lowest BCUT2D eigenvalue weighted by molar-refractivity contribution is 0.681. The van der Waals surface area contributed by atoms with Crippen molar-refractivity contribution in [1.82, 2.24) is 34.5 Å². The zero-order chi connectivity index (χ0) is 18.2. The molecule has 1 saturated heterocycles. The van der Waals surface area contributed by atoms with Gasteiger partial charge in [-0.2, -0.15) is 0 Å². The van der Waals surface area contributed by atoms with Crippen molar-refractivity contribution in [1.29, 1.82) is 0 Å². The van der Waals surface area contributed by atoms with Gasteiger partial charge in [0.2, 0.25) is 0 Å². The maximum Gasteiger partial charge on any atom is 0.158 e. The molecule has 1 aliphatic rings. The molecule has 9 heteroatoms. The minimum Gasteiger partial charge on any atom is -0.354 e. The largest absolute Gasteiger partial charge is 0.354 e. The fraction of sp³-hybridized carbons (Fsp3) is 0.278. The fourth-order valence-corrected chi connectivity index (χ4v) is 3.58. The number of rotatable bonds is 4. The molecule has 4 aromatic heterocycles. The van der Waals surface area contributed by atoms with Crippen LogP contribution in [0.2, 0.25) is 0 Å². The Bertz CT molecular complexity index is 1060. The third-order valence-corrected chi connectivity index (χ3v) is 5.08. The second kappa shape index (κ2) is 6.35. The summed E-state index contributed by atoms with van der Waals surface area (Å²) < 4.78 is 1.86. The molecule has 0 amide bonds. The molecule has 0 radical (unpaired) electrons. The molecule has 1 N–H and O–H groups in total. The Labute approximate surface area is 155 Å². The lowest BCUT2D eigenvalue weighted by atomic mass is 10.2. The lowest BCUT2D eigenvalue weighted by Crippen LogP contribution is -2.35. The van der Waals surface area contributed by atoms with Crippen LogP contribution >= 0.6 is 0 Å². The smallest absolute Gasteiger partial charge is 0.158 e. The van der Waals surface area contributed by atoms with Crippen LogP contribution in [-0.2, 0) is 0 Å². The topological polar surface area (TPSA) is 91.7 Å². The van der Waals surface area contributed by atoms with E-state index in [0.29, 0.717) is 6.04 Å². The first-order valence-corrected chi connectivity index (χ1v) is 8.86. The van der Waals surface area contributed by atoms with Gasteiger partial charge in [-0.25, -0.2) is 19.9 Å². The summed E-state index contributed by atoms with van der Waals surface area (Å²) >= 11 is 0. The monoisotopic (exact) mass is 361 g/mol. The van der Waals surface area contributed by atoms with Crippen molar-refractivity contribution in [3.63, 3.8) is 0 Å². The van der Waals surface area contributed by atoms with Crippen molar-refractivity contribution in [3.05, 3.63) is 49.7 Å². The summed E-state index contributed by atoms with van der Waals surface area (Å²) in [5.41, 5.74) is 0.871. The SMILES string of the molecule is CN(c1cncc(-n2ccnc2)n1)[C@@H]1CCN(c2ncnc3[nH]ccc23)C1. The van der Waals surface area contributed by atoms with Crippen LogP contribution in [0.4, 0.5) is 11.6 Å². The summed E-state index contributed by atoms with van der Waals surface area (Å²) in [6, 6.07) is 2.36. The molecule has 0 saturated carbocycles. The second-order valence-corrected chi connectivity index (χ2v) is 6.64. The van der Waals surface area contributed by atoms with Gasteiger partial charge in [0.25, 0.3) is 0 Å². The van der Waals surface area contributed by atoms with Crippen molar-refractivity contribution >= 4 is 22.7 Å². The number of aromatic amines is 1. The average Bonchev–Trinajstić information content (AvgIpc) is 3.48. The molecule has 27 heavy (non-hydrogen) atoms. The Morgan fingerprint density at radius 1 is 1.22 bits per heavy atom. The zero-order valence-electron chi connectivity index (χ0n) is 14.9. The number of aromatic nitrogens is 7. The van der Waals surface area contributed by atoms with Gasteiger partial charge < -0.3 is 14.8 Å². The Hall–Kier alpha value is -3.49. The van der Waals surface area contributed by atoms with Gasteiger partial charge in [0.05, 0.1) is 17.8 Å². The molecular weight excluding hydrogens is 342 g/mol. The molecule has 1 atom stereocenters. The molecular formula is C18H19N9. The van der Waals surface area contributed by atoms with E-state index in [9.17, 15) is 0 Å². The molecule has 136 valence electrons. The van der Waals surface area contributed by atoms with Crippen LogP contribution in [0.15, 0.2) is 49.7 Å². The molecule has 1 aliphatic heterocycles. The van der Waals surface area contributed by atoms with Crippen LogP contribution in [0.25, 0.3) is 16.9 Å². The molecule has 0 bridgehead atoms. The highest BCUT2D eigenvalue weighted by Crippen LogP contribution is 2.28. The first kappa shape index (κ1) is 15.7. The van der Waals surface area contributed by atoms with Crippen LogP contribution < -0.4 is 9.80 Å². The van der Waals surface area contributed by atoms with E-state index in [1.165, 1.54) is 0 Å². The summed E-state index contributed by atoms with van der Waals surface area (Å²) in [5.74, 6) is 2.59. The number of fused-ring (bicyclic) bond motifs is 1. The van der Waals surface area contributed by atoms with E-state index in [4.69, 9.17) is 4.98 Å². The van der Waals surface area contributed by atoms with Gasteiger partial charge >= 0.3 is 0 Å². The van der Waals surface area contributed by atoms with Gasteiger partial charge in [0.1, 0.15) is 29.9 Å². The number of imidazole rings is 1. The molecule has 0 aromatic carbocycles. The number of nitrogens with zero attached hydrogens (tertiary/aromatic N) is 8. The Balaban J connectivity index is 1.37. The van der Waals surface area contributed by atoms with Crippen molar-refractivity contribution in [2.45, 2.75) is 12.5 Å². The van der Waals surface area contributed by atoms with Crippen LogP contribution in [0.3, 0.4) is 0 Å². The average molecular weight is 361 g/mol. The second-order valence-electron chi connectivity index (χ2n) is 6.64. The number of H-pyrrole nitrogens is 1. The summed E-state index contributed by atoms with van der Waals surface area (Å²) in [6.45, 7) is 1.83. The number of anilines is 2. The quantitative estimate of drug-likeness (QED) is 0.591. The molecule has 9 nitrogen and oxygen atoms in total. The third kappa shape index (κ3) is 2.77. The summed E-state index contributed by atoms with van der Waals surface area (Å²) in [7, 11) is 2.07. The Morgan fingerprint density at radius 2 is 2.19 bits per heavy atom. The van der Waals surface area contributed by atoms with E-state index >= 15 is 0 Å². The summed E-state index contributed by atoms with van der Waals surface area (Å²) in [4.78, 5) is 29.6. The van der Waals surface area contributed by atoms with Crippen molar-refractivity contribution in [3.8, 4) is 5.82 Å². The highest BCUT2D eigenvalue weighted by molar-refractivity contribution is 5.87. The van der Waals surface area contributed by atoms with Crippen LogP contribution in [0.5, 0.6) is 0 Å². The first-order valence-electron chi connectivity index (χ1n) is 8.86. The molecule has 5 heterocycles. The molecule has 0 aliphatic carbocycles. The van der Waals surface area contributed by atoms with Gasteiger partial charge in [-0.3, -0.25) is 9.55 Å². The normalized spacial score (nSPS) is 16.9. The lowest BCUT2D eigenvalue weighted by Gasteiger charge is -2.26. The number of likely N-dealkylation sites (N-methyl/N-ethyl adjacent to an activating group) is 1. The van der Waals surface area contributed by atoms with Crippen molar-refractivity contribution in [2.24, 2.45) is 0 Å². The molecule has 4 aromatic rings. The van der Waals surface area contributed by atoms with Crippen LogP contribution in [0, 0.1) is 0 Å². The molecule has 0 unspecified atom stereocenters. The van der Waals surface area contributed by atoms with Gasteiger partial charge in [0, 0.05) is 44.8 Å².